The molecule has 0 unspecified atom stereocenters. The van der Waals surface area contributed by atoms with E-state index in [2.05, 4.69) is 4.98 Å². The molecule has 0 fully saturated rings. The van der Waals surface area contributed by atoms with Crippen LogP contribution in [0.25, 0.3) is 0 Å². The molecular weight excluding hydrogens is 275 g/mol. The maximum atomic E-state index is 12.0. The molecular formula is C12H18F3N3O2. The second kappa shape index (κ2) is 6.62. The van der Waals surface area contributed by atoms with Gasteiger partial charge >= 0.3 is 12.1 Å². The maximum absolute atomic E-state index is 12.0. The van der Waals surface area contributed by atoms with Gasteiger partial charge in [-0.1, -0.05) is 0 Å². The number of rotatable bonds is 6. The highest BCUT2D eigenvalue weighted by Crippen LogP contribution is 2.23. The summed E-state index contributed by atoms with van der Waals surface area (Å²) >= 11 is 0. The summed E-state index contributed by atoms with van der Waals surface area (Å²) in [5.74, 6) is -0.00679. The third-order valence-electron chi connectivity index (χ3n) is 2.76. The van der Waals surface area contributed by atoms with Gasteiger partial charge in [0.2, 0.25) is 0 Å². The van der Waals surface area contributed by atoms with Crippen LogP contribution in [-0.2, 0) is 11.3 Å². The Morgan fingerprint density at radius 3 is 2.60 bits per heavy atom. The van der Waals surface area contributed by atoms with E-state index in [0.717, 1.165) is 0 Å². The van der Waals surface area contributed by atoms with E-state index < -0.39 is 18.6 Å². The summed E-state index contributed by atoms with van der Waals surface area (Å²) in [5, 5.41) is 0. The number of anilines is 1. The molecule has 1 aromatic rings. The number of halogens is 3. The van der Waals surface area contributed by atoms with E-state index in [1.807, 2.05) is 0 Å². The summed E-state index contributed by atoms with van der Waals surface area (Å²) in [4.78, 5) is 15.6. The zero-order chi connectivity index (χ0) is 15.3. The lowest BCUT2D eigenvalue weighted by Crippen LogP contribution is -2.11. The zero-order valence-electron chi connectivity index (χ0n) is 11.5. The third kappa shape index (κ3) is 4.43. The summed E-state index contributed by atoms with van der Waals surface area (Å²) in [6.07, 6.45) is -4.66. The molecule has 1 rings (SSSR count). The standard InChI is InChI=1S/C12H18F3N3O2/c1-3-20-11(19)9-10(16)18(8(2)17-9)7-5-4-6-12(13,14)15/h3-7,16H2,1-2H3. The van der Waals surface area contributed by atoms with Crippen LogP contribution in [0.3, 0.4) is 0 Å². The Kier molecular flexibility index (Phi) is 5.41. The van der Waals surface area contributed by atoms with Crippen LogP contribution < -0.4 is 5.73 Å². The predicted molar refractivity (Wildman–Crippen MR) is 67.2 cm³/mol. The van der Waals surface area contributed by atoms with Crippen molar-refractivity contribution in [3.8, 4) is 0 Å². The van der Waals surface area contributed by atoms with Gasteiger partial charge in [0.25, 0.3) is 0 Å². The van der Waals surface area contributed by atoms with Crippen molar-refractivity contribution in [3.05, 3.63) is 11.5 Å². The number of esters is 1. The monoisotopic (exact) mass is 293 g/mol. The topological polar surface area (TPSA) is 70.1 Å². The number of aromatic nitrogens is 2. The smallest absolute Gasteiger partial charge is 0.389 e. The molecule has 1 aromatic heterocycles. The fourth-order valence-electron chi connectivity index (χ4n) is 1.81. The number of aryl methyl sites for hydroxylation is 1. The highest BCUT2D eigenvalue weighted by molar-refractivity contribution is 5.92. The second-order valence-electron chi connectivity index (χ2n) is 4.34. The van der Waals surface area contributed by atoms with Crippen LogP contribution in [0, 0.1) is 6.92 Å². The Labute approximate surface area is 114 Å². The van der Waals surface area contributed by atoms with Crippen molar-refractivity contribution in [2.24, 2.45) is 0 Å². The first-order chi connectivity index (χ1) is 9.26. The first-order valence-corrected chi connectivity index (χ1v) is 6.32. The van der Waals surface area contributed by atoms with Crippen LogP contribution in [0.2, 0.25) is 0 Å². The number of nitrogens with zero attached hydrogens (tertiary/aromatic N) is 2. The van der Waals surface area contributed by atoms with E-state index in [4.69, 9.17) is 10.5 Å². The molecule has 20 heavy (non-hydrogen) atoms. The number of nitrogen functional groups attached to an aromatic ring is 1. The van der Waals surface area contributed by atoms with Crippen LogP contribution in [-0.4, -0.2) is 28.3 Å². The third-order valence-corrected chi connectivity index (χ3v) is 2.76. The Morgan fingerprint density at radius 2 is 2.05 bits per heavy atom. The van der Waals surface area contributed by atoms with Gasteiger partial charge in [0.05, 0.1) is 6.61 Å². The highest BCUT2D eigenvalue weighted by Gasteiger charge is 2.26. The lowest BCUT2D eigenvalue weighted by molar-refractivity contribution is -0.135. The summed E-state index contributed by atoms with van der Waals surface area (Å²) in [7, 11) is 0. The molecule has 0 saturated heterocycles. The molecule has 0 saturated carbocycles. The molecule has 0 amide bonds. The molecule has 0 aromatic carbocycles. The van der Waals surface area contributed by atoms with Crippen molar-refractivity contribution in [3.63, 3.8) is 0 Å². The number of imidazole rings is 1. The Hall–Kier alpha value is -1.73. The summed E-state index contributed by atoms with van der Waals surface area (Å²) in [6.45, 7) is 3.80. The van der Waals surface area contributed by atoms with Gasteiger partial charge in [-0.05, 0) is 26.7 Å². The number of hydrogen-bond donors (Lipinski definition) is 1. The molecule has 5 nitrogen and oxygen atoms in total. The Bertz CT molecular complexity index is 469. The van der Waals surface area contributed by atoms with Crippen molar-refractivity contribution in [1.82, 2.24) is 9.55 Å². The predicted octanol–water partition coefficient (Wildman–Crippen LogP) is 2.68. The minimum atomic E-state index is -4.15. The van der Waals surface area contributed by atoms with Crippen molar-refractivity contribution >= 4 is 11.8 Å². The zero-order valence-corrected chi connectivity index (χ0v) is 11.5. The molecule has 2 N–H and O–H groups in total. The molecule has 1 heterocycles. The van der Waals surface area contributed by atoms with Crippen LogP contribution in [0.5, 0.6) is 0 Å². The van der Waals surface area contributed by atoms with E-state index in [-0.39, 0.29) is 24.5 Å². The molecule has 0 aliphatic heterocycles. The largest absolute Gasteiger partial charge is 0.461 e. The number of nitrogens with two attached hydrogens (primary N) is 1. The van der Waals surface area contributed by atoms with Crippen LogP contribution in [0.15, 0.2) is 0 Å². The Morgan fingerprint density at radius 1 is 1.40 bits per heavy atom. The van der Waals surface area contributed by atoms with Gasteiger partial charge in [-0.25, -0.2) is 9.78 Å². The number of ether oxygens (including phenoxy) is 1. The number of carbonyl (C=O) groups excluding carboxylic acids is 1. The SMILES string of the molecule is CCOC(=O)c1nc(C)n(CCCCC(F)(F)F)c1N. The van der Waals surface area contributed by atoms with Crippen molar-refractivity contribution in [2.75, 3.05) is 12.3 Å². The number of unbranched alkanes of at least 4 members (excludes halogenated alkanes) is 1. The minimum Gasteiger partial charge on any atom is -0.461 e. The highest BCUT2D eigenvalue weighted by atomic mass is 19.4. The molecule has 0 aliphatic carbocycles. The molecule has 8 heteroatoms. The van der Waals surface area contributed by atoms with Crippen LogP contribution in [0.1, 0.15) is 42.5 Å². The number of carbonyl (C=O) groups is 1. The average Bonchev–Trinajstić information content (AvgIpc) is 2.60. The van der Waals surface area contributed by atoms with Crippen LogP contribution in [0.4, 0.5) is 19.0 Å². The number of hydrogen-bond acceptors (Lipinski definition) is 4. The van der Waals surface area contributed by atoms with Crippen molar-refractivity contribution < 1.29 is 22.7 Å². The summed E-state index contributed by atoms with van der Waals surface area (Å²) in [5.41, 5.74) is 5.79. The first kappa shape index (κ1) is 16.3. The van der Waals surface area contributed by atoms with Crippen molar-refractivity contribution in [2.45, 2.75) is 45.8 Å². The van der Waals surface area contributed by atoms with Gasteiger partial charge in [-0.2, -0.15) is 13.2 Å². The minimum absolute atomic E-state index is 0.00923. The Balaban J connectivity index is 2.65. The average molecular weight is 293 g/mol. The molecule has 0 radical (unpaired) electrons. The van der Waals surface area contributed by atoms with E-state index in [9.17, 15) is 18.0 Å². The van der Waals surface area contributed by atoms with E-state index >= 15 is 0 Å². The fourth-order valence-corrected chi connectivity index (χ4v) is 1.81. The van der Waals surface area contributed by atoms with Gasteiger partial charge in [-0.3, -0.25) is 0 Å². The van der Waals surface area contributed by atoms with E-state index in [0.29, 0.717) is 18.8 Å². The molecule has 0 aliphatic rings. The summed E-state index contributed by atoms with van der Waals surface area (Å²) < 4.78 is 42.4. The quantitative estimate of drug-likeness (QED) is 0.646. The normalized spacial score (nSPS) is 11.7. The van der Waals surface area contributed by atoms with Gasteiger partial charge in [0, 0.05) is 13.0 Å². The van der Waals surface area contributed by atoms with Crippen LogP contribution >= 0.6 is 0 Å². The van der Waals surface area contributed by atoms with Gasteiger partial charge in [-0.15, -0.1) is 0 Å². The van der Waals surface area contributed by atoms with Gasteiger partial charge < -0.3 is 15.0 Å². The molecule has 0 spiro atoms. The number of alkyl halides is 3. The first-order valence-electron chi connectivity index (χ1n) is 6.32. The lowest BCUT2D eigenvalue weighted by Gasteiger charge is -2.09. The molecule has 0 atom stereocenters. The molecule has 0 bridgehead atoms. The summed E-state index contributed by atoms with van der Waals surface area (Å²) in [6, 6.07) is 0. The van der Waals surface area contributed by atoms with E-state index in [1.54, 1.807) is 13.8 Å². The second-order valence-corrected chi connectivity index (χ2v) is 4.34. The fraction of sp³-hybridized carbons (Fsp3) is 0.667. The molecule has 114 valence electrons. The lowest BCUT2D eigenvalue weighted by atomic mass is 10.2. The van der Waals surface area contributed by atoms with Gasteiger partial charge in [0.1, 0.15) is 11.6 Å². The van der Waals surface area contributed by atoms with E-state index in [1.165, 1.54) is 4.57 Å². The maximum Gasteiger partial charge on any atom is 0.389 e. The van der Waals surface area contributed by atoms with Crippen molar-refractivity contribution in [1.29, 1.82) is 0 Å². The van der Waals surface area contributed by atoms with Gasteiger partial charge in [0.15, 0.2) is 5.69 Å².